The molecule has 0 saturated carbocycles. The number of halogens is 2. The number of para-hydroxylation sites is 1. The Morgan fingerprint density at radius 3 is 2.52 bits per heavy atom. The van der Waals surface area contributed by atoms with Crippen molar-refractivity contribution in [1.82, 2.24) is 15.1 Å². The van der Waals surface area contributed by atoms with Gasteiger partial charge in [-0.15, -0.1) is 10.2 Å². The van der Waals surface area contributed by atoms with Crippen molar-refractivity contribution in [3.8, 4) is 0 Å². The van der Waals surface area contributed by atoms with Gasteiger partial charge in [-0.3, -0.25) is 4.79 Å². The Labute approximate surface area is 130 Å². The molecule has 1 aromatic heterocycles. The average Bonchev–Trinajstić information content (AvgIpc) is 2.94. The molecule has 0 unspecified atom stereocenters. The second-order valence-corrected chi connectivity index (χ2v) is 6.15. The van der Waals surface area contributed by atoms with Crippen LogP contribution in [0.15, 0.2) is 24.3 Å². The molecule has 0 N–H and O–H groups in total. The molecule has 3 rings (SSSR count). The SMILES string of the molecule is O=C(c1nnc(Cl)s1)N1CCN(c2ccccc2F)CC1. The van der Waals surface area contributed by atoms with Crippen molar-refractivity contribution in [2.45, 2.75) is 0 Å². The molecule has 5 nitrogen and oxygen atoms in total. The summed E-state index contributed by atoms with van der Waals surface area (Å²) in [7, 11) is 0. The van der Waals surface area contributed by atoms with Gasteiger partial charge in [0.25, 0.3) is 5.91 Å². The lowest BCUT2D eigenvalue weighted by Gasteiger charge is -2.35. The predicted molar refractivity (Wildman–Crippen MR) is 79.4 cm³/mol. The molecule has 1 aromatic carbocycles. The number of anilines is 1. The minimum absolute atomic E-state index is 0.174. The summed E-state index contributed by atoms with van der Waals surface area (Å²) in [5.41, 5.74) is 0.573. The smallest absolute Gasteiger partial charge is 0.285 e. The molecule has 1 aliphatic rings. The van der Waals surface area contributed by atoms with Crippen LogP contribution in [0.3, 0.4) is 0 Å². The molecule has 110 valence electrons. The lowest BCUT2D eigenvalue weighted by Crippen LogP contribution is -2.49. The highest BCUT2D eigenvalue weighted by Gasteiger charge is 2.25. The molecule has 1 saturated heterocycles. The van der Waals surface area contributed by atoms with Crippen molar-refractivity contribution in [1.29, 1.82) is 0 Å². The van der Waals surface area contributed by atoms with Crippen molar-refractivity contribution in [2.24, 2.45) is 0 Å². The summed E-state index contributed by atoms with van der Waals surface area (Å²) in [6, 6.07) is 6.66. The number of carbonyl (C=O) groups excluding carboxylic acids is 1. The van der Waals surface area contributed by atoms with Crippen molar-refractivity contribution in [3.05, 3.63) is 39.6 Å². The summed E-state index contributed by atoms with van der Waals surface area (Å²) in [4.78, 5) is 15.8. The number of hydrogen-bond donors (Lipinski definition) is 0. The molecule has 1 aliphatic heterocycles. The van der Waals surface area contributed by atoms with Gasteiger partial charge in [0.05, 0.1) is 5.69 Å². The summed E-state index contributed by atoms with van der Waals surface area (Å²) >= 11 is 6.76. The Morgan fingerprint density at radius 1 is 1.19 bits per heavy atom. The summed E-state index contributed by atoms with van der Waals surface area (Å²) < 4.78 is 14.0. The predicted octanol–water partition coefficient (Wildman–Crippen LogP) is 2.29. The van der Waals surface area contributed by atoms with Crippen molar-refractivity contribution in [2.75, 3.05) is 31.1 Å². The topological polar surface area (TPSA) is 49.3 Å². The number of amides is 1. The van der Waals surface area contributed by atoms with Crippen LogP contribution >= 0.6 is 22.9 Å². The summed E-state index contributed by atoms with van der Waals surface area (Å²) in [5.74, 6) is -0.416. The van der Waals surface area contributed by atoms with Crippen LogP contribution in [0.1, 0.15) is 9.80 Å². The second kappa shape index (κ2) is 5.95. The fraction of sp³-hybridized carbons (Fsp3) is 0.308. The molecule has 8 heteroatoms. The van der Waals surface area contributed by atoms with E-state index in [1.54, 1.807) is 23.1 Å². The minimum Gasteiger partial charge on any atom is -0.366 e. The van der Waals surface area contributed by atoms with Crippen LogP contribution in [0, 0.1) is 5.82 Å². The Kier molecular flexibility index (Phi) is 4.03. The number of nitrogens with zero attached hydrogens (tertiary/aromatic N) is 4. The maximum absolute atomic E-state index is 13.7. The van der Waals surface area contributed by atoms with Gasteiger partial charge in [0, 0.05) is 26.2 Å². The van der Waals surface area contributed by atoms with Crippen LogP contribution in [-0.4, -0.2) is 47.2 Å². The Balaban J connectivity index is 1.65. The van der Waals surface area contributed by atoms with Gasteiger partial charge in [0.2, 0.25) is 9.47 Å². The molecule has 0 radical (unpaired) electrons. The first-order valence-electron chi connectivity index (χ1n) is 6.43. The number of piperazine rings is 1. The molecular formula is C13H12ClFN4OS. The molecule has 0 aliphatic carbocycles. The molecule has 0 spiro atoms. The molecule has 2 aromatic rings. The summed E-state index contributed by atoms with van der Waals surface area (Å²) in [6.45, 7) is 2.20. The van der Waals surface area contributed by atoms with Crippen LogP contribution in [0.2, 0.25) is 4.47 Å². The number of aromatic nitrogens is 2. The third-order valence-electron chi connectivity index (χ3n) is 3.34. The first kappa shape index (κ1) is 14.2. The Morgan fingerprint density at radius 2 is 1.90 bits per heavy atom. The third kappa shape index (κ3) is 2.98. The lowest BCUT2D eigenvalue weighted by atomic mass is 10.2. The molecular weight excluding hydrogens is 315 g/mol. The van der Waals surface area contributed by atoms with Crippen LogP contribution < -0.4 is 4.90 Å². The molecule has 21 heavy (non-hydrogen) atoms. The maximum Gasteiger partial charge on any atom is 0.285 e. The van der Waals surface area contributed by atoms with E-state index in [2.05, 4.69) is 10.2 Å². The van der Waals surface area contributed by atoms with Crippen molar-refractivity contribution < 1.29 is 9.18 Å². The van der Waals surface area contributed by atoms with E-state index in [9.17, 15) is 9.18 Å². The van der Waals surface area contributed by atoms with Crippen LogP contribution in [0.25, 0.3) is 0 Å². The summed E-state index contributed by atoms with van der Waals surface area (Å²) in [6.07, 6.45) is 0. The first-order valence-corrected chi connectivity index (χ1v) is 7.62. The van der Waals surface area contributed by atoms with E-state index in [-0.39, 0.29) is 16.2 Å². The zero-order valence-electron chi connectivity index (χ0n) is 11.0. The van der Waals surface area contributed by atoms with Gasteiger partial charge in [-0.2, -0.15) is 0 Å². The van der Waals surface area contributed by atoms with E-state index < -0.39 is 0 Å². The Bertz CT molecular complexity index is 657. The number of rotatable bonds is 2. The maximum atomic E-state index is 13.7. The van der Waals surface area contributed by atoms with Crippen LogP contribution in [0.4, 0.5) is 10.1 Å². The standard InChI is InChI=1S/C13H12ClFN4OS/c14-13-17-16-11(21-13)12(20)19-7-5-18(6-8-19)10-4-2-1-3-9(10)15/h1-4H,5-8H2. The fourth-order valence-electron chi connectivity index (χ4n) is 2.29. The molecule has 0 atom stereocenters. The number of carbonyl (C=O) groups is 1. The van der Waals surface area contributed by atoms with E-state index in [1.165, 1.54) is 6.07 Å². The van der Waals surface area contributed by atoms with Gasteiger partial charge in [-0.05, 0) is 23.7 Å². The highest BCUT2D eigenvalue weighted by atomic mass is 35.5. The molecule has 1 fully saturated rings. The van der Waals surface area contributed by atoms with E-state index in [0.717, 1.165) is 11.3 Å². The third-order valence-corrected chi connectivity index (χ3v) is 4.35. The normalized spacial score (nSPS) is 15.3. The van der Waals surface area contributed by atoms with E-state index in [0.29, 0.717) is 36.9 Å². The fourth-order valence-corrected chi connectivity index (χ4v) is 3.08. The second-order valence-electron chi connectivity index (χ2n) is 4.59. The molecule has 2 heterocycles. The van der Waals surface area contributed by atoms with Gasteiger partial charge < -0.3 is 9.80 Å². The molecule has 1 amide bonds. The first-order chi connectivity index (χ1) is 10.1. The minimum atomic E-state index is -0.242. The Hall–Kier alpha value is -1.73. The van der Waals surface area contributed by atoms with E-state index >= 15 is 0 Å². The van der Waals surface area contributed by atoms with Gasteiger partial charge >= 0.3 is 0 Å². The van der Waals surface area contributed by atoms with Crippen molar-refractivity contribution in [3.63, 3.8) is 0 Å². The van der Waals surface area contributed by atoms with E-state index in [1.807, 2.05) is 4.90 Å². The van der Waals surface area contributed by atoms with Crippen LogP contribution in [0.5, 0.6) is 0 Å². The quantitative estimate of drug-likeness (QED) is 0.849. The van der Waals surface area contributed by atoms with Crippen LogP contribution in [-0.2, 0) is 0 Å². The van der Waals surface area contributed by atoms with Gasteiger partial charge in [-0.1, -0.05) is 23.5 Å². The van der Waals surface area contributed by atoms with Gasteiger partial charge in [-0.25, -0.2) is 4.39 Å². The zero-order chi connectivity index (χ0) is 14.8. The highest BCUT2D eigenvalue weighted by Crippen LogP contribution is 2.22. The average molecular weight is 327 g/mol. The number of hydrogen-bond acceptors (Lipinski definition) is 5. The molecule has 0 bridgehead atoms. The van der Waals surface area contributed by atoms with Crippen molar-refractivity contribution >= 4 is 34.5 Å². The van der Waals surface area contributed by atoms with Gasteiger partial charge in [0.1, 0.15) is 5.82 Å². The summed E-state index contributed by atoms with van der Waals surface area (Å²) in [5, 5.41) is 7.68. The van der Waals surface area contributed by atoms with E-state index in [4.69, 9.17) is 11.6 Å². The largest absolute Gasteiger partial charge is 0.366 e. The van der Waals surface area contributed by atoms with Gasteiger partial charge in [0.15, 0.2) is 0 Å². The monoisotopic (exact) mass is 326 g/mol. The zero-order valence-corrected chi connectivity index (χ0v) is 12.6. The number of benzene rings is 1. The highest BCUT2D eigenvalue weighted by molar-refractivity contribution is 7.17. The lowest BCUT2D eigenvalue weighted by molar-refractivity contribution is 0.0745.